The molecule has 0 radical (unpaired) electrons. The van der Waals surface area contributed by atoms with Gasteiger partial charge in [0.2, 0.25) is 11.1 Å². The zero-order valence-electron chi connectivity index (χ0n) is 16.1. The fourth-order valence-electron chi connectivity index (χ4n) is 2.61. The second-order valence-corrected chi connectivity index (χ2v) is 7.78. The van der Waals surface area contributed by atoms with Crippen molar-refractivity contribution in [3.8, 4) is 5.69 Å². The Hall–Kier alpha value is -3.00. The van der Waals surface area contributed by atoms with Crippen LogP contribution >= 0.6 is 11.8 Å². The van der Waals surface area contributed by atoms with Crippen LogP contribution in [-0.2, 0) is 4.79 Å². The lowest BCUT2D eigenvalue weighted by atomic mass is 10.1. The molecule has 0 fully saturated rings. The fraction of sp³-hybridized carbons (Fsp3) is 0.250. The Morgan fingerprint density at radius 2 is 1.82 bits per heavy atom. The molecular weight excluding hydrogens is 374 g/mol. The molecule has 0 bridgehead atoms. The van der Waals surface area contributed by atoms with Crippen LogP contribution in [-0.4, -0.2) is 37.1 Å². The number of carbonyl (C=O) groups is 2. The van der Waals surface area contributed by atoms with Gasteiger partial charge in [-0.25, -0.2) is 0 Å². The van der Waals surface area contributed by atoms with Gasteiger partial charge in [0.15, 0.2) is 5.78 Å². The van der Waals surface area contributed by atoms with E-state index < -0.39 is 5.25 Å². The molecule has 0 saturated heterocycles. The first kappa shape index (κ1) is 19.8. The molecule has 0 spiro atoms. The SMILES string of the molecule is CC(=O)c1ccc(NC(=O)C(C)Sc2nnnn2-c2cccc(C)c2C)cc1. The number of benzene rings is 2. The molecule has 3 rings (SSSR count). The largest absolute Gasteiger partial charge is 0.325 e. The maximum absolute atomic E-state index is 12.5. The lowest BCUT2D eigenvalue weighted by Crippen LogP contribution is -2.23. The highest BCUT2D eigenvalue weighted by Crippen LogP contribution is 2.26. The predicted molar refractivity (Wildman–Crippen MR) is 109 cm³/mol. The van der Waals surface area contributed by atoms with Gasteiger partial charge in [-0.05, 0) is 79.6 Å². The summed E-state index contributed by atoms with van der Waals surface area (Å²) in [6, 6.07) is 12.7. The summed E-state index contributed by atoms with van der Waals surface area (Å²) in [6.07, 6.45) is 0. The summed E-state index contributed by atoms with van der Waals surface area (Å²) in [5.41, 5.74) is 4.35. The van der Waals surface area contributed by atoms with Crippen molar-refractivity contribution >= 4 is 29.1 Å². The Bertz CT molecular complexity index is 1010. The van der Waals surface area contributed by atoms with Crippen LogP contribution < -0.4 is 5.32 Å². The first-order valence-electron chi connectivity index (χ1n) is 8.80. The minimum Gasteiger partial charge on any atom is -0.325 e. The minimum absolute atomic E-state index is 0.0138. The minimum atomic E-state index is -0.414. The van der Waals surface area contributed by atoms with Crippen LogP contribution in [0.1, 0.15) is 35.3 Å². The molecule has 28 heavy (non-hydrogen) atoms. The Labute approximate surface area is 167 Å². The zero-order chi connectivity index (χ0) is 20.3. The molecular formula is C20H21N5O2S. The molecule has 7 nitrogen and oxygen atoms in total. The second kappa shape index (κ2) is 8.35. The number of amides is 1. The quantitative estimate of drug-likeness (QED) is 0.507. The van der Waals surface area contributed by atoms with E-state index in [0.717, 1.165) is 16.8 Å². The number of rotatable bonds is 6. The van der Waals surface area contributed by atoms with Crippen LogP contribution in [0.15, 0.2) is 47.6 Å². The lowest BCUT2D eigenvalue weighted by molar-refractivity contribution is -0.115. The normalized spacial score (nSPS) is 11.9. The van der Waals surface area contributed by atoms with Crippen LogP contribution in [0.5, 0.6) is 0 Å². The molecule has 1 atom stereocenters. The summed E-state index contributed by atoms with van der Waals surface area (Å²) in [5, 5.41) is 14.9. The number of anilines is 1. The van der Waals surface area contributed by atoms with Gasteiger partial charge in [-0.2, -0.15) is 4.68 Å². The smallest absolute Gasteiger partial charge is 0.237 e. The van der Waals surface area contributed by atoms with Crippen molar-refractivity contribution in [2.45, 2.75) is 38.1 Å². The number of aryl methyl sites for hydroxylation is 1. The van der Waals surface area contributed by atoms with Gasteiger partial charge in [0, 0.05) is 11.3 Å². The lowest BCUT2D eigenvalue weighted by Gasteiger charge is -2.13. The van der Waals surface area contributed by atoms with Crippen LogP contribution in [0.4, 0.5) is 5.69 Å². The topological polar surface area (TPSA) is 89.8 Å². The van der Waals surface area contributed by atoms with Crippen LogP contribution in [0.2, 0.25) is 0 Å². The molecule has 2 aromatic carbocycles. The van der Waals surface area contributed by atoms with Gasteiger partial charge in [0.1, 0.15) is 0 Å². The Balaban J connectivity index is 1.72. The average molecular weight is 395 g/mol. The zero-order valence-corrected chi connectivity index (χ0v) is 16.9. The van der Waals surface area contributed by atoms with Gasteiger partial charge in [0.25, 0.3) is 0 Å². The number of nitrogens with zero attached hydrogens (tertiary/aromatic N) is 4. The van der Waals surface area contributed by atoms with Crippen molar-refractivity contribution < 1.29 is 9.59 Å². The fourth-order valence-corrected chi connectivity index (χ4v) is 3.41. The molecule has 1 unspecified atom stereocenters. The first-order valence-corrected chi connectivity index (χ1v) is 9.68. The monoisotopic (exact) mass is 395 g/mol. The van der Waals surface area contributed by atoms with Crippen molar-refractivity contribution in [1.82, 2.24) is 20.2 Å². The molecule has 144 valence electrons. The number of aromatic nitrogens is 4. The van der Waals surface area contributed by atoms with E-state index in [1.807, 2.05) is 32.0 Å². The highest BCUT2D eigenvalue weighted by Gasteiger charge is 2.20. The molecule has 1 aromatic heterocycles. The van der Waals surface area contributed by atoms with E-state index in [9.17, 15) is 9.59 Å². The van der Waals surface area contributed by atoms with Gasteiger partial charge in [-0.3, -0.25) is 9.59 Å². The van der Waals surface area contributed by atoms with Crippen molar-refractivity contribution in [2.75, 3.05) is 5.32 Å². The molecule has 1 N–H and O–H groups in total. The highest BCUT2D eigenvalue weighted by atomic mass is 32.2. The van der Waals surface area contributed by atoms with Crippen molar-refractivity contribution in [1.29, 1.82) is 0 Å². The number of carbonyl (C=O) groups excluding carboxylic acids is 2. The van der Waals surface area contributed by atoms with Crippen LogP contribution in [0.25, 0.3) is 5.69 Å². The standard InChI is InChI=1S/C20H21N5O2S/c1-12-6-5-7-18(13(12)2)25-20(22-23-24-25)28-15(4)19(27)21-17-10-8-16(9-11-17)14(3)26/h5-11,15H,1-4H3,(H,21,27). The van der Waals surface area contributed by atoms with Crippen LogP contribution in [0.3, 0.4) is 0 Å². The van der Waals surface area contributed by atoms with Crippen molar-refractivity contribution in [3.63, 3.8) is 0 Å². The predicted octanol–water partition coefficient (Wildman–Crippen LogP) is 3.60. The maximum Gasteiger partial charge on any atom is 0.237 e. The van der Waals surface area contributed by atoms with Gasteiger partial charge in [-0.1, -0.05) is 23.9 Å². The molecule has 1 heterocycles. The van der Waals surface area contributed by atoms with Gasteiger partial charge >= 0.3 is 0 Å². The van der Waals surface area contributed by atoms with Gasteiger partial charge < -0.3 is 5.32 Å². The number of tetrazole rings is 1. The van der Waals surface area contributed by atoms with E-state index in [-0.39, 0.29) is 11.7 Å². The summed E-state index contributed by atoms with van der Waals surface area (Å²) < 4.78 is 1.65. The van der Waals surface area contributed by atoms with E-state index in [1.165, 1.54) is 18.7 Å². The summed E-state index contributed by atoms with van der Waals surface area (Å²) in [5.74, 6) is -0.184. The van der Waals surface area contributed by atoms with Crippen molar-refractivity contribution in [3.05, 3.63) is 59.2 Å². The van der Waals surface area contributed by atoms with E-state index in [0.29, 0.717) is 16.4 Å². The summed E-state index contributed by atoms with van der Waals surface area (Å²) in [7, 11) is 0. The second-order valence-electron chi connectivity index (χ2n) is 6.48. The molecule has 0 aliphatic rings. The summed E-state index contributed by atoms with van der Waals surface area (Å²) in [4.78, 5) is 23.9. The van der Waals surface area contributed by atoms with E-state index in [1.54, 1.807) is 35.9 Å². The molecule has 1 amide bonds. The molecule has 0 aliphatic heterocycles. The number of thioether (sulfide) groups is 1. The molecule has 0 saturated carbocycles. The Kier molecular flexibility index (Phi) is 5.89. The summed E-state index contributed by atoms with van der Waals surface area (Å²) in [6.45, 7) is 7.35. The molecule has 3 aromatic rings. The molecule has 8 heteroatoms. The van der Waals surface area contributed by atoms with E-state index >= 15 is 0 Å². The number of Topliss-reactive ketones (excluding diaryl/α,β-unsaturated/α-hetero) is 1. The van der Waals surface area contributed by atoms with Crippen molar-refractivity contribution in [2.24, 2.45) is 0 Å². The highest BCUT2D eigenvalue weighted by molar-refractivity contribution is 8.00. The third kappa shape index (κ3) is 4.28. The van der Waals surface area contributed by atoms with Crippen LogP contribution in [0, 0.1) is 13.8 Å². The molecule has 0 aliphatic carbocycles. The first-order chi connectivity index (χ1) is 13.4. The third-order valence-electron chi connectivity index (χ3n) is 4.46. The number of ketones is 1. The number of nitrogens with one attached hydrogen (secondary N) is 1. The third-order valence-corrected chi connectivity index (χ3v) is 5.49. The van der Waals surface area contributed by atoms with Gasteiger partial charge in [-0.15, -0.1) is 5.10 Å². The summed E-state index contributed by atoms with van der Waals surface area (Å²) >= 11 is 1.28. The Morgan fingerprint density at radius 3 is 2.50 bits per heavy atom. The van der Waals surface area contributed by atoms with E-state index in [4.69, 9.17) is 0 Å². The average Bonchev–Trinajstić information content (AvgIpc) is 3.12. The van der Waals surface area contributed by atoms with E-state index in [2.05, 4.69) is 20.8 Å². The number of hydrogen-bond donors (Lipinski definition) is 1. The maximum atomic E-state index is 12.5. The Morgan fingerprint density at radius 1 is 1.11 bits per heavy atom. The number of hydrogen-bond acceptors (Lipinski definition) is 6. The van der Waals surface area contributed by atoms with Gasteiger partial charge in [0.05, 0.1) is 10.9 Å².